The summed E-state index contributed by atoms with van der Waals surface area (Å²) in [5.41, 5.74) is 1.30. The first-order chi connectivity index (χ1) is 12.3. The summed E-state index contributed by atoms with van der Waals surface area (Å²) < 4.78 is 37.7. The van der Waals surface area contributed by atoms with Gasteiger partial charge in [-0.25, -0.2) is 13.2 Å². The number of carbonyl (C=O) groups is 1. The van der Waals surface area contributed by atoms with Gasteiger partial charge in [0.2, 0.25) is 0 Å². The van der Waals surface area contributed by atoms with E-state index in [0.717, 1.165) is 9.87 Å². The number of aryl methyl sites for hydroxylation is 1. The molecule has 0 fully saturated rings. The van der Waals surface area contributed by atoms with Crippen molar-refractivity contribution in [2.75, 3.05) is 18.0 Å². The number of nitrogens with zero attached hydrogens (tertiary/aromatic N) is 1. The average Bonchev–Trinajstić information content (AvgIpc) is 2.62. The highest BCUT2D eigenvalue weighted by atomic mass is 32.2. The zero-order valence-electron chi connectivity index (χ0n) is 15.3. The van der Waals surface area contributed by atoms with Crippen molar-refractivity contribution in [3.8, 4) is 5.75 Å². The van der Waals surface area contributed by atoms with Gasteiger partial charge in [-0.05, 0) is 57.2 Å². The van der Waals surface area contributed by atoms with E-state index in [1.54, 1.807) is 43.3 Å². The maximum Gasteiger partial charge on any atom is 0.329 e. The standard InChI is InChI=1S/C19H23NO5S/c1-5-25-19(21)15(3)20(16-8-10-17(24-4)11-9-16)26(22,23)18-12-6-14(2)7-13-18/h6-13,15H,5H2,1-4H3/t15-/m1/s1. The molecule has 1 atom stereocenters. The van der Waals surface area contributed by atoms with E-state index < -0.39 is 22.0 Å². The molecule has 0 aliphatic heterocycles. The van der Waals surface area contributed by atoms with Crippen LogP contribution in [0.5, 0.6) is 5.75 Å². The summed E-state index contributed by atoms with van der Waals surface area (Å²) in [6.45, 7) is 5.23. The third-order valence-electron chi connectivity index (χ3n) is 3.88. The fraction of sp³-hybridized carbons (Fsp3) is 0.316. The first-order valence-corrected chi connectivity index (χ1v) is 9.67. The van der Waals surface area contributed by atoms with Crippen LogP contribution in [0.25, 0.3) is 0 Å². The van der Waals surface area contributed by atoms with Gasteiger partial charge in [0, 0.05) is 0 Å². The summed E-state index contributed by atoms with van der Waals surface area (Å²) in [6, 6.07) is 12.0. The van der Waals surface area contributed by atoms with Crippen molar-refractivity contribution in [1.82, 2.24) is 0 Å². The number of rotatable bonds is 7. The number of sulfonamides is 1. The number of methoxy groups -OCH3 is 1. The minimum Gasteiger partial charge on any atom is -0.497 e. The number of hydrogen-bond donors (Lipinski definition) is 0. The topological polar surface area (TPSA) is 72.9 Å². The van der Waals surface area contributed by atoms with Crippen molar-refractivity contribution < 1.29 is 22.7 Å². The van der Waals surface area contributed by atoms with Crippen LogP contribution < -0.4 is 9.04 Å². The summed E-state index contributed by atoms with van der Waals surface area (Å²) in [5.74, 6) is -0.0239. The molecular formula is C19H23NO5S. The lowest BCUT2D eigenvalue weighted by atomic mass is 10.2. The SMILES string of the molecule is CCOC(=O)[C@@H](C)N(c1ccc(OC)cc1)S(=O)(=O)c1ccc(C)cc1. The Morgan fingerprint density at radius 1 is 1.08 bits per heavy atom. The van der Waals surface area contributed by atoms with Crippen LogP contribution in [0, 0.1) is 6.92 Å². The van der Waals surface area contributed by atoms with Gasteiger partial charge < -0.3 is 9.47 Å². The maximum absolute atomic E-state index is 13.2. The summed E-state index contributed by atoms with van der Waals surface area (Å²) in [4.78, 5) is 12.4. The van der Waals surface area contributed by atoms with Gasteiger partial charge in [-0.2, -0.15) is 0 Å². The van der Waals surface area contributed by atoms with Crippen molar-refractivity contribution in [2.24, 2.45) is 0 Å². The molecule has 140 valence electrons. The maximum atomic E-state index is 13.2. The minimum absolute atomic E-state index is 0.107. The molecule has 0 amide bonds. The molecule has 0 heterocycles. The van der Waals surface area contributed by atoms with Gasteiger partial charge >= 0.3 is 5.97 Å². The molecule has 2 rings (SSSR count). The van der Waals surface area contributed by atoms with Gasteiger partial charge in [0.05, 0.1) is 24.3 Å². The Kier molecular flexibility index (Phi) is 6.26. The van der Waals surface area contributed by atoms with E-state index in [0.29, 0.717) is 11.4 Å². The van der Waals surface area contributed by atoms with E-state index in [9.17, 15) is 13.2 Å². The predicted molar refractivity (Wildman–Crippen MR) is 99.9 cm³/mol. The van der Waals surface area contributed by atoms with E-state index in [1.165, 1.54) is 26.2 Å². The first kappa shape index (κ1) is 19.8. The summed E-state index contributed by atoms with van der Waals surface area (Å²) in [7, 11) is -2.44. The van der Waals surface area contributed by atoms with E-state index >= 15 is 0 Å². The second-order valence-electron chi connectivity index (χ2n) is 5.74. The normalized spacial score (nSPS) is 12.3. The first-order valence-electron chi connectivity index (χ1n) is 8.23. The highest BCUT2D eigenvalue weighted by molar-refractivity contribution is 7.92. The minimum atomic E-state index is -3.96. The lowest BCUT2D eigenvalue weighted by Crippen LogP contribution is -2.44. The number of benzene rings is 2. The Balaban J connectivity index is 2.54. The molecule has 0 bridgehead atoms. The van der Waals surface area contributed by atoms with Gasteiger partial charge in [0.15, 0.2) is 0 Å². The van der Waals surface area contributed by atoms with Crippen molar-refractivity contribution >= 4 is 21.7 Å². The van der Waals surface area contributed by atoms with Crippen molar-refractivity contribution in [1.29, 1.82) is 0 Å². The molecule has 2 aromatic rings. The number of hydrogen-bond acceptors (Lipinski definition) is 5. The Bertz CT molecular complexity index is 845. The molecule has 0 saturated heterocycles. The van der Waals surface area contributed by atoms with Gasteiger partial charge in [0.25, 0.3) is 10.0 Å². The molecule has 0 aromatic heterocycles. The average molecular weight is 377 g/mol. The Hall–Kier alpha value is -2.54. The third kappa shape index (κ3) is 4.16. The molecule has 7 heteroatoms. The van der Waals surface area contributed by atoms with Crippen LogP contribution in [0.1, 0.15) is 19.4 Å². The second-order valence-corrected chi connectivity index (χ2v) is 7.55. The molecule has 0 aliphatic carbocycles. The van der Waals surface area contributed by atoms with E-state index in [2.05, 4.69) is 0 Å². The molecule has 0 aliphatic rings. The monoisotopic (exact) mass is 377 g/mol. The number of ether oxygens (including phenoxy) is 2. The van der Waals surface area contributed by atoms with E-state index in [1.807, 2.05) is 6.92 Å². The van der Waals surface area contributed by atoms with Crippen molar-refractivity contribution in [2.45, 2.75) is 31.7 Å². The van der Waals surface area contributed by atoms with Crippen molar-refractivity contribution in [3.63, 3.8) is 0 Å². The summed E-state index contributed by atoms with van der Waals surface area (Å²) >= 11 is 0. The smallest absolute Gasteiger partial charge is 0.329 e. The lowest BCUT2D eigenvalue weighted by molar-refractivity contribution is -0.144. The Morgan fingerprint density at radius 2 is 1.65 bits per heavy atom. The molecule has 0 unspecified atom stereocenters. The number of anilines is 1. The molecule has 0 saturated carbocycles. The predicted octanol–water partition coefficient (Wildman–Crippen LogP) is 3.15. The Labute approximate surface area is 154 Å². The summed E-state index contributed by atoms with van der Waals surface area (Å²) in [6.07, 6.45) is 0. The largest absolute Gasteiger partial charge is 0.497 e. The zero-order valence-corrected chi connectivity index (χ0v) is 16.1. The quantitative estimate of drug-likeness (QED) is 0.693. The number of esters is 1. The molecule has 0 radical (unpaired) electrons. The van der Waals surface area contributed by atoms with Gasteiger partial charge in [-0.15, -0.1) is 0 Å². The van der Waals surface area contributed by atoms with Crippen LogP contribution in [-0.2, 0) is 19.6 Å². The van der Waals surface area contributed by atoms with Gasteiger partial charge in [0.1, 0.15) is 11.8 Å². The van der Waals surface area contributed by atoms with Crippen LogP contribution in [0.2, 0.25) is 0 Å². The third-order valence-corrected chi connectivity index (χ3v) is 5.80. The van der Waals surface area contributed by atoms with Crippen LogP contribution in [-0.4, -0.2) is 34.1 Å². The summed E-state index contributed by atoms with van der Waals surface area (Å²) in [5, 5.41) is 0. The lowest BCUT2D eigenvalue weighted by Gasteiger charge is -2.29. The highest BCUT2D eigenvalue weighted by Gasteiger charge is 2.34. The molecule has 0 N–H and O–H groups in total. The van der Waals surface area contributed by atoms with Gasteiger partial charge in [-0.3, -0.25) is 4.31 Å². The second kappa shape index (κ2) is 8.23. The fourth-order valence-electron chi connectivity index (χ4n) is 2.48. The zero-order chi connectivity index (χ0) is 19.3. The molecule has 6 nitrogen and oxygen atoms in total. The number of carbonyl (C=O) groups excluding carboxylic acids is 1. The van der Waals surface area contributed by atoms with Crippen LogP contribution >= 0.6 is 0 Å². The Morgan fingerprint density at radius 3 is 2.15 bits per heavy atom. The van der Waals surface area contributed by atoms with E-state index in [4.69, 9.17) is 9.47 Å². The fourth-order valence-corrected chi connectivity index (χ4v) is 4.09. The molecular weight excluding hydrogens is 354 g/mol. The van der Waals surface area contributed by atoms with Crippen LogP contribution in [0.4, 0.5) is 5.69 Å². The molecule has 2 aromatic carbocycles. The van der Waals surface area contributed by atoms with Gasteiger partial charge in [-0.1, -0.05) is 17.7 Å². The molecule has 0 spiro atoms. The van der Waals surface area contributed by atoms with Crippen molar-refractivity contribution in [3.05, 3.63) is 54.1 Å². The highest BCUT2D eigenvalue weighted by Crippen LogP contribution is 2.28. The van der Waals surface area contributed by atoms with Crippen LogP contribution in [0.3, 0.4) is 0 Å². The van der Waals surface area contributed by atoms with E-state index in [-0.39, 0.29) is 11.5 Å². The molecule has 26 heavy (non-hydrogen) atoms. The van der Waals surface area contributed by atoms with Crippen LogP contribution in [0.15, 0.2) is 53.4 Å².